The Bertz CT molecular complexity index is 598. The molecule has 0 bridgehead atoms. The Balaban J connectivity index is 1.91. The van der Waals surface area contributed by atoms with E-state index in [0.717, 1.165) is 17.8 Å². The molecular formula is C14H14ClN3O. The third kappa shape index (κ3) is 4.01. The number of aryl methyl sites for hydroxylation is 1. The lowest BCUT2D eigenvalue weighted by Gasteiger charge is -2.06. The molecule has 0 radical (unpaired) electrons. The molecule has 19 heavy (non-hydrogen) atoms. The molecule has 0 atom stereocenters. The van der Waals surface area contributed by atoms with Gasteiger partial charge in [0.1, 0.15) is 11.6 Å². The number of ether oxygens (including phenoxy) is 1. The molecule has 4 nitrogen and oxygen atoms in total. The normalized spacial score (nSPS) is 9.79. The van der Waals surface area contributed by atoms with E-state index >= 15 is 0 Å². The summed E-state index contributed by atoms with van der Waals surface area (Å²) >= 11 is 5.51. The van der Waals surface area contributed by atoms with Crippen molar-refractivity contribution in [2.45, 2.75) is 6.42 Å². The van der Waals surface area contributed by atoms with Crippen LogP contribution in [0.25, 0.3) is 0 Å². The predicted molar refractivity (Wildman–Crippen MR) is 74.2 cm³/mol. The highest BCUT2D eigenvalue weighted by atomic mass is 35.5. The number of hydrogen-bond acceptors (Lipinski definition) is 3. The van der Waals surface area contributed by atoms with Crippen molar-refractivity contribution in [2.75, 3.05) is 12.5 Å². The van der Waals surface area contributed by atoms with Crippen LogP contribution in [0.2, 0.25) is 0 Å². The van der Waals surface area contributed by atoms with Crippen LogP contribution in [0.5, 0.6) is 5.75 Å². The van der Waals surface area contributed by atoms with Gasteiger partial charge < -0.3 is 9.30 Å². The molecule has 0 saturated carbocycles. The molecule has 98 valence electrons. The standard InChI is InChI=1S/C14H14ClN3O/c1-18-7-6-17-14(18)4-8-19-13-9-12(3-2-5-15)10-16-11-13/h6-7,9-11H,4-5,8H2,1H3. The van der Waals surface area contributed by atoms with Crippen LogP contribution in [0, 0.1) is 11.8 Å². The summed E-state index contributed by atoms with van der Waals surface area (Å²) in [7, 11) is 1.96. The van der Waals surface area contributed by atoms with Crippen LogP contribution in [0.15, 0.2) is 30.9 Å². The van der Waals surface area contributed by atoms with Gasteiger partial charge >= 0.3 is 0 Å². The minimum Gasteiger partial charge on any atom is -0.491 e. The highest BCUT2D eigenvalue weighted by molar-refractivity contribution is 6.19. The summed E-state index contributed by atoms with van der Waals surface area (Å²) in [6, 6.07) is 1.85. The van der Waals surface area contributed by atoms with Crippen molar-refractivity contribution in [1.29, 1.82) is 0 Å². The summed E-state index contributed by atoms with van der Waals surface area (Å²) < 4.78 is 7.61. The van der Waals surface area contributed by atoms with Crippen molar-refractivity contribution in [2.24, 2.45) is 7.05 Å². The summed E-state index contributed by atoms with van der Waals surface area (Å²) in [6.45, 7) is 0.554. The van der Waals surface area contributed by atoms with Crippen LogP contribution in [-0.4, -0.2) is 27.0 Å². The van der Waals surface area contributed by atoms with E-state index in [9.17, 15) is 0 Å². The molecule has 0 aliphatic carbocycles. The number of aromatic nitrogens is 3. The monoisotopic (exact) mass is 275 g/mol. The second-order valence-electron chi connectivity index (χ2n) is 3.90. The van der Waals surface area contributed by atoms with Gasteiger partial charge in [-0.1, -0.05) is 11.8 Å². The topological polar surface area (TPSA) is 39.9 Å². The summed E-state index contributed by atoms with van der Waals surface area (Å²) in [6.07, 6.45) is 7.80. The van der Waals surface area contributed by atoms with Crippen LogP contribution < -0.4 is 4.74 Å². The molecule has 0 saturated heterocycles. The molecule has 2 heterocycles. The minimum absolute atomic E-state index is 0.310. The maximum Gasteiger partial charge on any atom is 0.138 e. The average molecular weight is 276 g/mol. The first-order chi connectivity index (χ1) is 9.29. The molecule has 2 aromatic heterocycles. The van der Waals surface area contributed by atoms with Crippen LogP contribution in [-0.2, 0) is 13.5 Å². The SMILES string of the molecule is Cn1ccnc1CCOc1cncc(C#CCCl)c1. The van der Waals surface area contributed by atoms with Crippen molar-refractivity contribution in [3.05, 3.63) is 42.2 Å². The quantitative estimate of drug-likeness (QED) is 0.633. The summed E-state index contributed by atoms with van der Waals surface area (Å²) in [5.74, 6) is 7.70. The fourth-order valence-electron chi connectivity index (χ4n) is 1.60. The van der Waals surface area contributed by atoms with Gasteiger partial charge in [0.25, 0.3) is 0 Å². The van der Waals surface area contributed by atoms with Crippen molar-refractivity contribution in [3.8, 4) is 17.6 Å². The maximum absolute atomic E-state index is 5.64. The Kier molecular flexibility index (Phi) is 4.82. The average Bonchev–Trinajstić information content (AvgIpc) is 2.83. The largest absolute Gasteiger partial charge is 0.491 e. The summed E-state index contributed by atoms with van der Waals surface area (Å²) in [5, 5.41) is 0. The third-order valence-corrected chi connectivity index (χ3v) is 2.66. The fraction of sp³-hybridized carbons (Fsp3) is 0.286. The van der Waals surface area contributed by atoms with Crippen LogP contribution in [0.3, 0.4) is 0 Å². The van der Waals surface area contributed by atoms with Crippen molar-refractivity contribution < 1.29 is 4.74 Å². The molecule has 0 spiro atoms. The van der Waals surface area contributed by atoms with Gasteiger partial charge in [-0.2, -0.15) is 0 Å². The summed E-state index contributed by atoms with van der Waals surface area (Å²) in [4.78, 5) is 8.31. The number of hydrogen-bond donors (Lipinski definition) is 0. The molecule has 0 aliphatic rings. The van der Waals surface area contributed by atoms with E-state index in [2.05, 4.69) is 21.8 Å². The lowest BCUT2D eigenvalue weighted by atomic mass is 10.3. The summed E-state index contributed by atoms with van der Waals surface area (Å²) in [5.41, 5.74) is 0.801. The van der Waals surface area contributed by atoms with Gasteiger partial charge in [0.05, 0.1) is 18.7 Å². The Morgan fingerprint density at radius 1 is 1.42 bits per heavy atom. The van der Waals surface area contributed by atoms with E-state index in [-0.39, 0.29) is 0 Å². The van der Waals surface area contributed by atoms with Gasteiger partial charge in [-0.05, 0) is 6.07 Å². The molecule has 2 rings (SSSR count). The zero-order valence-electron chi connectivity index (χ0n) is 10.6. The second kappa shape index (κ2) is 6.81. The van der Waals surface area contributed by atoms with Gasteiger partial charge in [0, 0.05) is 37.6 Å². The lowest BCUT2D eigenvalue weighted by Crippen LogP contribution is -2.06. The zero-order chi connectivity index (χ0) is 13.5. The minimum atomic E-state index is 0.310. The number of halogens is 1. The first kappa shape index (κ1) is 13.4. The third-order valence-electron chi connectivity index (χ3n) is 2.53. The molecule has 0 unspecified atom stereocenters. The van der Waals surface area contributed by atoms with E-state index < -0.39 is 0 Å². The van der Waals surface area contributed by atoms with E-state index in [4.69, 9.17) is 16.3 Å². The molecular weight excluding hydrogens is 262 g/mol. The first-order valence-electron chi connectivity index (χ1n) is 5.88. The molecule has 0 fully saturated rings. The number of nitrogens with zero attached hydrogens (tertiary/aromatic N) is 3. The predicted octanol–water partition coefficient (Wildman–Crippen LogP) is 2.03. The lowest BCUT2D eigenvalue weighted by molar-refractivity contribution is 0.316. The van der Waals surface area contributed by atoms with Crippen molar-refractivity contribution >= 4 is 11.6 Å². The Morgan fingerprint density at radius 3 is 3.05 bits per heavy atom. The fourth-order valence-corrected chi connectivity index (χ4v) is 1.67. The highest BCUT2D eigenvalue weighted by Crippen LogP contribution is 2.10. The highest BCUT2D eigenvalue weighted by Gasteiger charge is 2.00. The van der Waals surface area contributed by atoms with Gasteiger partial charge in [-0.15, -0.1) is 11.6 Å². The van der Waals surface area contributed by atoms with E-state index in [1.54, 1.807) is 18.6 Å². The van der Waals surface area contributed by atoms with Crippen LogP contribution in [0.4, 0.5) is 0 Å². The van der Waals surface area contributed by atoms with Crippen LogP contribution in [0.1, 0.15) is 11.4 Å². The van der Waals surface area contributed by atoms with Gasteiger partial charge in [0.15, 0.2) is 0 Å². The number of pyridine rings is 1. The first-order valence-corrected chi connectivity index (χ1v) is 6.42. The van der Waals surface area contributed by atoms with Crippen LogP contribution >= 0.6 is 11.6 Å². The Morgan fingerprint density at radius 2 is 2.32 bits per heavy atom. The van der Waals surface area contributed by atoms with E-state index in [1.165, 1.54) is 0 Å². The molecule has 5 heteroatoms. The maximum atomic E-state index is 5.64. The van der Waals surface area contributed by atoms with Gasteiger partial charge in [-0.3, -0.25) is 4.98 Å². The van der Waals surface area contributed by atoms with E-state index in [0.29, 0.717) is 18.2 Å². The molecule has 0 aromatic carbocycles. The van der Waals surface area contributed by atoms with Gasteiger partial charge in [0.2, 0.25) is 0 Å². The molecule has 0 aliphatic heterocycles. The molecule has 2 aromatic rings. The van der Waals surface area contributed by atoms with E-state index in [1.807, 2.05) is 23.9 Å². The number of alkyl halides is 1. The van der Waals surface area contributed by atoms with Crippen molar-refractivity contribution in [1.82, 2.24) is 14.5 Å². The number of imidazole rings is 1. The molecule has 0 N–H and O–H groups in total. The smallest absolute Gasteiger partial charge is 0.138 e. The van der Waals surface area contributed by atoms with Gasteiger partial charge in [-0.25, -0.2) is 4.98 Å². The van der Waals surface area contributed by atoms with Crippen molar-refractivity contribution in [3.63, 3.8) is 0 Å². The number of rotatable bonds is 4. The molecule has 0 amide bonds. The zero-order valence-corrected chi connectivity index (χ0v) is 11.4. The Labute approximate surface area is 117 Å². The Hall–Kier alpha value is -1.99. The second-order valence-corrected chi connectivity index (χ2v) is 4.16.